The third-order valence-electron chi connectivity index (χ3n) is 7.03. The first kappa shape index (κ1) is 15.1. The van der Waals surface area contributed by atoms with E-state index >= 15 is 0 Å². The summed E-state index contributed by atoms with van der Waals surface area (Å²) >= 11 is 0. The summed E-state index contributed by atoms with van der Waals surface area (Å²) in [6, 6.07) is 0. The summed E-state index contributed by atoms with van der Waals surface area (Å²) in [5.74, 6) is 0.980. The fraction of sp³-hybridized carbons (Fsp3) is 0.750. The molecule has 0 amide bonds. The topological polar surface area (TPSA) is 17.1 Å². The highest BCUT2D eigenvalue weighted by Crippen LogP contribution is 2.62. The molecule has 3 aliphatic rings. The molecule has 0 saturated heterocycles. The third-order valence-corrected chi connectivity index (χ3v) is 7.03. The molecule has 0 aromatic carbocycles. The molecule has 0 spiro atoms. The molecule has 1 unspecified atom stereocenters. The van der Waals surface area contributed by atoms with Gasteiger partial charge in [0, 0.05) is 6.42 Å². The summed E-state index contributed by atoms with van der Waals surface area (Å²) in [4.78, 5) is 12.8. The van der Waals surface area contributed by atoms with E-state index in [9.17, 15) is 4.79 Å². The summed E-state index contributed by atoms with van der Waals surface area (Å²) in [6.45, 7) is 13.5. The van der Waals surface area contributed by atoms with E-state index in [0.29, 0.717) is 17.1 Å². The maximum atomic E-state index is 12.8. The van der Waals surface area contributed by atoms with Gasteiger partial charge in [0.1, 0.15) is 0 Å². The van der Waals surface area contributed by atoms with Crippen molar-refractivity contribution in [1.29, 1.82) is 0 Å². The first-order valence-corrected chi connectivity index (χ1v) is 8.61. The molecule has 0 aromatic rings. The SMILES string of the molecule is C=C[C@@]1(C)CCC2=C(C1)C(=O)CC1C(C)(C)CCC[C@]21C. The minimum atomic E-state index is 0.127. The van der Waals surface area contributed by atoms with Crippen LogP contribution in [-0.2, 0) is 4.79 Å². The second-order valence-electron chi connectivity index (χ2n) is 8.93. The number of carbonyl (C=O) groups is 1. The molecule has 116 valence electrons. The van der Waals surface area contributed by atoms with Gasteiger partial charge in [0.2, 0.25) is 0 Å². The molecular formula is C20H30O. The van der Waals surface area contributed by atoms with Crippen molar-refractivity contribution in [3.63, 3.8) is 0 Å². The maximum absolute atomic E-state index is 12.8. The Morgan fingerprint density at radius 1 is 1.14 bits per heavy atom. The van der Waals surface area contributed by atoms with Gasteiger partial charge in [0.05, 0.1) is 0 Å². The molecule has 0 aliphatic heterocycles. The number of hydrogen-bond donors (Lipinski definition) is 0. The molecule has 0 aromatic heterocycles. The van der Waals surface area contributed by atoms with Gasteiger partial charge in [-0.3, -0.25) is 4.79 Å². The Balaban J connectivity index is 2.07. The van der Waals surface area contributed by atoms with E-state index < -0.39 is 0 Å². The van der Waals surface area contributed by atoms with Gasteiger partial charge in [-0.2, -0.15) is 0 Å². The van der Waals surface area contributed by atoms with Gasteiger partial charge in [-0.05, 0) is 59.8 Å². The molecule has 21 heavy (non-hydrogen) atoms. The molecule has 1 heteroatoms. The van der Waals surface area contributed by atoms with Crippen LogP contribution in [0.15, 0.2) is 23.8 Å². The Morgan fingerprint density at radius 2 is 1.86 bits per heavy atom. The molecule has 0 heterocycles. The predicted molar refractivity (Wildman–Crippen MR) is 88.0 cm³/mol. The second kappa shape index (κ2) is 4.57. The average molecular weight is 286 g/mol. The van der Waals surface area contributed by atoms with Crippen LogP contribution < -0.4 is 0 Å². The Bertz CT molecular complexity index is 524. The monoisotopic (exact) mass is 286 g/mol. The van der Waals surface area contributed by atoms with Crippen molar-refractivity contribution < 1.29 is 4.79 Å². The van der Waals surface area contributed by atoms with Crippen LogP contribution in [0.1, 0.15) is 72.6 Å². The largest absolute Gasteiger partial charge is 0.295 e. The highest BCUT2D eigenvalue weighted by atomic mass is 16.1. The number of fused-ring (bicyclic) bond motifs is 2. The van der Waals surface area contributed by atoms with E-state index in [0.717, 1.165) is 25.7 Å². The molecular weight excluding hydrogens is 256 g/mol. The standard InChI is InChI=1S/C20H30O/c1-6-19(4)11-8-15-14(13-19)16(21)12-17-18(2,3)9-7-10-20(15,17)5/h6,17H,1,7-13H2,2-5H3/t17?,19-,20+/m0/s1. The smallest absolute Gasteiger partial charge is 0.159 e. The Kier molecular flexibility index (Phi) is 3.28. The molecule has 3 atom stereocenters. The lowest BCUT2D eigenvalue weighted by Gasteiger charge is -2.56. The fourth-order valence-corrected chi connectivity index (χ4v) is 5.53. The Labute approximate surface area is 129 Å². The van der Waals surface area contributed by atoms with Crippen molar-refractivity contribution in [2.75, 3.05) is 0 Å². The van der Waals surface area contributed by atoms with Crippen molar-refractivity contribution >= 4 is 5.78 Å². The van der Waals surface area contributed by atoms with Crippen LogP contribution in [0.3, 0.4) is 0 Å². The van der Waals surface area contributed by atoms with Gasteiger partial charge in [0.15, 0.2) is 5.78 Å². The van der Waals surface area contributed by atoms with Gasteiger partial charge >= 0.3 is 0 Å². The lowest BCUT2D eigenvalue weighted by Crippen LogP contribution is -2.49. The minimum absolute atomic E-state index is 0.127. The van der Waals surface area contributed by atoms with Crippen molar-refractivity contribution in [3.8, 4) is 0 Å². The summed E-state index contributed by atoms with van der Waals surface area (Å²) in [7, 11) is 0. The second-order valence-corrected chi connectivity index (χ2v) is 8.93. The highest BCUT2D eigenvalue weighted by molar-refractivity contribution is 5.98. The van der Waals surface area contributed by atoms with Crippen LogP contribution in [-0.4, -0.2) is 5.78 Å². The molecule has 3 aliphatic carbocycles. The zero-order valence-corrected chi connectivity index (χ0v) is 14.2. The molecule has 0 radical (unpaired) electrons. The van der Waals surface area contributed by atoms with Gasteiger partial charge < -0.3 is 0 Å². The number of hydrogen-bond acceptors (Lipinski definition) is 1. The van der Waals surface area contributed by atoms with Gasteiger partial charge in [0.25, 0.3) is 0 Å². The van der Waals surface area contributed by atoms with E-state index in [-0.39, 0.29) is 10.8 Å². The number of rotatable bonds is 1. The molecule has 1 fully saturated rings. The normalized spacial score (nSPS) is 42.3. The minimum Gasteiger partial charge on any atom is -0.295 e. The summed E-state index contributed by atoms with van der Waals surface area (Å²) < 4.78 is 0. The summed E-state index contributed by atoms with van der Waals surface area (Å²) in [5.41, 5.74) is 3.41. The van der Waals surface area contributed by atoms with E-state index in [1.165, 1.54) is 30.4 Å². The number of allylic oxidation sites excluding steroid dienone is 3. The van der Waals surface area contributed by atoms with Crippen molar-refractivity contribution in [2.45, 2.75) is 72.6 Å². The predicted octanol–water partition coefficient (Wildman–Crippen LogP) is 5.46. The Hall–Kier alpha value is -0.850. The lowest BCUT2D eigenvalue weighted by atomic mass is 9.48. The molecule has 1 saturated carbocycles. The third kappa shape index (κ3) is 2.15. The summed E-state index contributed by atoms with van der Waals surface area (Å²) in [6.07, 6.45) is 9.89. The average Bonchev–Trinajstić information content (AvgIpc) is 2.41. The summed E-state index contributed by atoms with van der Waals surface area (Å²) in [5, 5.41) is 0. The Morgan fingerprint density at radius 3 is 2.52 bits per heavy atom. The molecule has 0 N–H and O–H groups in total. The van der Waals surface area contributed by atoms with Crippen LogP contribution in [0.2, 0.25) is 0 Å². The van der Waals surface area contributed by atoms with Crippen LogP contribution in [0.5, 0.6) is 0 Å². The lowest BCUT2D eigenvalue weighted by molar-refractivity contribution is -0.122. The zero-order chi connectivity index (χ0) is 15.5. The molecule has 1 nitrogen and oxygen atoms in total. The number of Topliss-reactive ketones (excluding diaryl/α,β-unsaturated/α-hetero) is 1. The van der Waals surface area contributed by atoms with E-state index in [2.05, 4.69) is 40.3 Å². The molecule has 3 rings (SSSR count). The maximum Gasteiger partial charge on any atom is 0.159 e. The quantitative estimate of drug-likeness (QED) is 0.585. The fourth-order valence-electron chi connectivity index (χ4n) is 5.53. The van der Waals surface area contributed by atoms with Crippen molar-refractivity contribution in [2.24, 2.45) is 22.2 Å². The first-order valence-electron chi connectivity index (χ1n) is 8.61. The molecule has 0 bridgehead atoms. The van der Waals surface area contributed by atoms with Gasteiger partial charge in [-0.15, -0.1) is 6.58 Å². The highest BCUT2D eigenvalue weighted by Gasteiger charge is 2.53. The number of carbonyl (C=O) groups excluding carboxylic acids is 1. The van der Waals surface area contributed by atoms with Crippen molar-refractivity contribution in [3.05, 3.63) is 23.8 Å². The van der Waals surface area contributed by atoms with Crippen LogP contribution in [0, 0.1) is 22.2 Å². The van der Waals surface area contributed by atoms with Crippen LogP contribution in [0.4, 0.5) is 0 Å². The zero-order valence-electron chi connectivity index (χ0n) is 14.2. The number of ketones is 1. The first-order chi connectivity index (χ1) is 9.72. The van der Waals surface area contributed by atoms with Crippen molar-refractivity contribution in [1.82, 2.24) is 0 Å². The van der Waals surface area contributed by atoms with Gasteiger partial charge in [-0.25, -0.2) is 0 Å². The van der Waals surface area contributed by atoms with Gasteiger partial charge in [-0.1, -0.05) is 45.8 Å². The van der Waals surface area contributed by atoms with E-state index in [1.807, 2.05) is 0 Å². The van der Waals surface area contributed by atoms with Crippen LogP contribution in [0.25, 0.3) is 0 Å². The van der Waals surface area contributed by atoms with E-state index in [4.69, 9.17) is 0 Å². The van der Waals surface area contributed by atoms with E-state index in [1.54, 1.807) is 0 Å². The van der Waals surface area contributed by atoms with Crippen LogP contribution >= 0.6 is 0 Å².